The van der Waals surface area contributed by atoms with Crippen LogP contribution in [0.15, 0.2) is 18.2 Å². The highest BCUT2D eigenvalue weighted by Crippen LogP contribution is 2.61. The Morgan fingerprint density at radius 2 is 1.87 bits per heavy atom. The minimum Gasteiger partial charge on any atom is -0.462 e. The number of amides is 1. The first kappa shape index (κ1) is 20.0. The number of aromatic nitrogens is 1. The van der Waals surface area contributed by atoms with Crippen molar-refractivity contribution in [2.45, 2.75) is 64.7 Å². The monoisotopic (exact) mass is 426 g/mol. The highest BCUT2D eigenvalue weighted by molar-refractivity contribution is 7.22. The van der Waals surface area contributed by atoms with Crippen molar-refractivity contribution in [1.29, 1.82) is 0 Å². The Bertz CT molecular complexity index is 931. The minimum absolute atomic E-state index is 0.0928. The molecule has 1 heterocycles. The number of nitrogens with zero attached hydrogens (tertiary/aromatic N) is 1. The first-order valence-electron chi connectivity index (χ1n) is 11.4. The molecule has 4 fully saturated rings. The molecule has 2 aromatic rings. The number of ether oxygens (including phenoxy) is 1. The molecule has 4 bridgehead atoms. The third-order valence-electron chi connectivity index (χ3n) is 7.30. The third kappa shape index (κ3) is 3.98. The lowest BCUT2D eigenvalue weighted by molar-refractivity contribution is -0.124. The van der Waals surface area contributed by atoms with E-state index < -0.39 is 0 Å². The molecule has 4 aliphatic rings. The van der Waals surface area contributed by atoms with Crippen LogP contribution in [-0.2, 0) is 9.53 Å². The smallest absolute Gasteiger partial charge is 0.338 e. The molecule has 1 aromatic carbocycles. The van der Waals surface area contributed by atoms with Crippen LogP contribution in [0.25, 0.3) is 10.2 Å². The van der Waals surface area contributed by atoms with Crippen LogP contribution >= 0.6 is 11.3 Å². The second-order valence-electron chi connectivity index (χ2n) is 9.83. The van der Waals surface area contributed by atoms with Gasteiger partial charge in [-0.1, -0.05) is 24.7 Å². The van der Waals surface area contributed by atoms with E-state index in [4.69, 9.17) is 4.74 Å². The van der Waals surface area contributed by atoms with Gasteiger partial charge in [0.05, 0.1) is 22.4 Å². The number of fused-ring (bicyclic) bond motifs is 1. The van der Waals surface area contributed by atoms with Crippen molar-refractivity contribution >= 4 is 38.6 Å². The molecule has 6 rings (SSSR count). The molecule has 1 aromatic heterocycles. The van der Waals surface area contributed by atoms with Crippen LogP contribution in [0.1, 0.15) is 75.1 Å². The number of carbonyl (C=O) groups excluding carboxylic acids is 2. The van der Waals surface area contributed by atoms with Gasteiger partial charge in [-0.15, -0.1) is 0 Å². The molecule has 0 saturated heterocycles. The maximum absolute atomic E-state index is 12.9. The fraction of sp³-hybridized carbons (Fsp3) is 0.625. The molecule has 30 heavy (non-hydrogen) atoms. The third-order valence-corrected chi connectivity index (χ3v) is 8.24. The largest absolute Gasteiger partial charge is 0.462 e. The van der Waals surface area contributed by atoms with E-state index in [-0.39, 0.29) is 17.3 Å². The Morgan fingerprint density at radius 3 is 2.53 bits per heavy atom. The highest BCUT2D eigenvalue weighted by Gasteiger charge is 2.51. The molecule has 0 unspecified atom stereocenters. The fourth-order valence-electron chi connectivity index (χ4n) is 6.51. The predicted molar refractivity (Wildman–Crippen MR) is 119 cm³/mol. The second-order valence-corrected chi connectivity index (χ2v) is 10.9. The Hall–Kier alpha value is -1.95. The topological polar surface area (TPSA) is 68.3 Å². The molecule has 6 heteroatoms. The number of anilines is 1. The summed E-state index contributed by atoms with van der Waals surface area (Å²) >= 11 is 1.43. The number of hydrogen-bond acceptors (Lipinski definition) is 5. The summed E-state index contributed by atoms with van der Waals surface area (Å²) < 4.78 is 6.19. The maximum atomic E-state index is 12.9. The van der Waals surface area contributed by atoms with E-state index in [1.54, 1.807) is 6.07 Å². The lowest BCUT2D eigenvalue weighted by Crippen LogP contribution is -2.47. The Labute approximate surface area is 181 Å². The second kappa shape index (κ2) is 7.95. The van der Waals surface area contributed by atoms with Crippen molar-refractivity contribution in [3.63, 3.8) is 0 Å². The number of benzene rings is 1. The van der Waals surface area contributed by atoms with Gasteiger partial charge in [0.1, 0.15) is 0 Å². The van der Waals surface area contributed by atoms with Gasteiger partial charge in [0.2, 0.25) is 5.91 Å². The van der Waals surface area contributed by atoms with Gasteiger partial charge >= 0.3 is 5.97 Å². The molecule has 0 aliphatic heterocycles. The fourth-order valence-corrected chi connectivity index (χ4v) is 7.43. The summed E-state index contributed by atoms with van der Waals surface area (Å²) in [5.41, 5.74) is 1.56. The summed E-state index contributed by atoms with van der Waals surface area (Å²) in [5, 5.41) is 3.67. The summed E-state index contributed by atoms with van der Waals surface area (Å²) in [5.74, 6) is 2.34. The molecule has 0 atom stereocenters. The van der Waals surface area contributed by atoms with E-state index in [1.807, 2.05) is 12.1 Å². The number of carbonyl (C=O) groups is 2. The Kier molecular flexibility index (Phi) is 5.30. The zero-order valence-corrected chi connectivity index (χ0v) is 18.4. The van der Waals surface area contributed by atoms with Crippen molar-refractivity contribution < 1.29 is 14.3 Å². The van der Waals surface area contributed by atoms with E-state index in [2.05, 4.69) is 17.2 Å². The number of nitrogens with one attached hydrogen (secondary N) is 1. The van der Waals surface area contributed by atoms with Gasteiger partial charge in [0, 0.05) is 6.42 Å². The van der Waals surface area contributed by atoms with E-state index in [1.165, 1.54) is 49.9 Å². The van der Waals surface area contributed by atoms with Gasteiger partial charge in [-0.25, -0.2) is 9.78 Å². The summed E-state index contributed by atoms with van der Waals surface area (Å²) in [6.45, 7) is 2.51. The quantitative estimate of drug-likeness (QED) is 0.449. The number of thiazole rings is 1. The van der Waals surface area contributed by atoms with Crippen LogP contribution in [0.3, 0.4) is 0 Å². The zero-order chi connectivity index (χ0) is 20.7. The highest BCUT2D eigenvalue weighted by atomic mass is 32.1. The van der Waals surface area contributed by atoms with Crippen molar-refractivity contribution in [3.8, 4) is 0 Å². The molecule has 4 saturated carbocycles. The predicted octanol–water partition coefficient (Wildman–Crippen LogP) is 5.80. The molecule has 5 nitrogen and oxygen atoms in total. The summed E-state index contributed by atoms with van der Waals surface area (Å²) in [6, 6.07) is 5.39. The first-order chi connectivity index (χ1) is 14.5. The van der Waals surface area contributed by atoms with E-state index in [0.29, 0.717) is 23.7 Å². The average Bonchev–Trinajstić information content (AvgIpc) is 3.07. The van der Waals surface area contributed by atoms with Gasteiger partial charge in [-0.3, -0.25) is 4.79 Å². The van der Waals surface area contributed by atoms with Crippen LogP contribution in [0.2, 0.25) is 0 Å². The number of hydrogen-bond donors (Lipinski definition) is 1. The van der Waals surface area contributed by atoms with Gasteiger partial charge < -0.3 is 10.1 Å². The number of esters is 1. The molecule has 1 N–H and O–H groups in total. The van der Waals surface area contributed by atoms with Crippen LogP contribution in [0, 0.1) is 23.2 Å². The van der Waals surface area contributed by atoms with E-state index >= 15 is 0 Å². The molecular weight excluding hydrogens is 396 g/mol. The minimum atomic E-state index is -0.300. The molecule has 0 spiro atoms. The standard InChI is InChI=1S/C24H30N2O3S/c1-2-3-6-29-22(28)18-4-5-19-20(10-18)30-23(25-19)26-21(27)14-24-11-15-7-16(12-24)9-17(8-15)13-24/h4-5,10,15-17H,2-3,6-9,11-14H2,1H3,(H,25,26,27). The lowest BCUT2D eigenvalue weighted by Gasteiger charge is -2.56. The average molecular weight is 427 g/mol. The zero-order valence-electron chi connectivity index (χ0n) is 17.6. The van der Waals surface area contributed by atoms with Crippen molar-refractivity contribution in [2.24, 2.45) is 23.2 Å². The maximum Gasteiger partial charge on any atom is 0.338 e. The normalized spacial score (nSPS) is 29.3. The molecule has 4 aliphatic carbocycles. The number of unbranched alkanes of at least 4 members (excludes halogenated alkanes) is 1. The molecule has 160 valence electrons. The Balaban J connectivity index is 1.24. The number of rotatable bonds is 7. The van der Waals surface area contributed by atoms with Gasteiger partial charge in [-0.2, -0.15) is 0 Å². The first-order valence-corrected chi connectivity index (χ1v) is 12.2. The van der Waals surface area contributed by atoms with E-state index in [9.17, 15) is 9.59 Å². The SMILES string of the molecule is CCCCOC(=O)c1ccc2nc(NC(=O)CC34CC5CC(CC(C5)C3)C4)sc2c1. The molecule has 0 radical (unpaired) electrons. The summed E-state index contributed by atoms with van der Waals surface area (Å²) in [7, 11) is 0. The van der Waals surface area contributed by atoms with Crippen molar-refractivity contribution in [1.82, 2.24) is 4.98 Å². The summed E-state index contributed by atoms with van der Waals surface area (Å²) in [4.78, 5) is 29.6. The molecular formula is C24H30N2O3S. The van der Waals surface area contributed by atoms with Crippen molar-refractivity contribution in [2.75, 3.05) is 11.9 Å². The van der Waals surface area contributed by atoms with Gasteiger partial charge in [0.15, 0.2) is 5.13 Å². The van der Waals surface area contributed by atoms with Gasteiger partial charge in [-0.05, 0) is 86.3 Å². The van der Waals surface area contributed by atoms with Crippen molar-refractivity contribution in [3.05, 3.63) is 23.8 Å². The van der Waals surface area contributed by atoms with Gasteiger partial charge in [0.25, 0.3) is 0 Å². The van der Waals surface area contributed by atoms with E-state index in [0.717, 1.165) is 40.8 Å². The lowest BCUT2D eigenvalue weighted by atomic mass is 9.49. The molecule has 1 amide bonds. The van der Waals surface area contributed by atoms with Crippen LogP contribution in [0.5, 0.6) is 0 Å². The van der Waals surface area contributed by atoms with Crippen LogP contribution in [0.4, 0.5) is 5.13 Å². The Morgan fingerprint density at radius 1 is 1.17 bits per heavy atom. The van der Waals surface area contributed by atoms with Crippen LogP contribution < -0.4 is 5.32 Å². The summed E-state index contributed by atoms with van der Waals surface area (Å²) in [6.07, 6.45) is 10.4. The van der Waals surface area contributed by atoms with Crippen LogP contribution in [-0.4, -0.2) is 23.5 Å².